The third kappa shape index (κ3) is 3.35. The van der Waals surface area contributed by atoms with Gasteiger partial charge in [-0.1, -0.05) is 0 Å². The zero-order chi connectivity index (χ0) is 20.4. The van der Waals surface area contributed by atoms with Crippen molar-refractivity contribution in [3.63, 3.8) is 0 Å². The van der Waals surface area contributed by atoms with Gasteiger partial charge in [-0.15, -0.1) is 0 Å². The molecule has 0 saturated carbocycles. The Balaban J connectivity index is 1.92. The molecular weight excluding hydrogens is 400 g/mol. The van der Waals surface area contributed by atoms with Crippen LogP contribution >= 0.6 is 0 Å². The van der Waals surface area contributed by atoms with E-state index in [9.17, 15) is 9.59 Å². The molecule has 2 aliphatic rings. The number of carbonyl (C=O) groups is 2. The fourth-order valence-corrected chi connectivity index (χ4v) is 10.1. The summed E-state index contributed by atoms with van der Waals surface area (Å²) in [6.45, 7) is 7.09. The molecule has 29 heavy (non-hydrogen) atoms. The molecule has 0 amide bonds. The van der Waals surface area contributed by atoms with Gasteiger partial charge in [0.25, 0.3) is 0 Å². The van der Waals surface area contributed by atoms with E-state index >= 15 is 0 Å². The van der Waals surface area contributed by atoms with Gasteiger partial charge >= 0.3 is 174 Å². The van der Waals surface area contributed by atoms with Gasteiger partial charge in [0.2, 0.25) is 0 Å². The van der Waals surface area contributed by atoms with Gasteiger partial charge in [-0.05, 0) is 0 Å². The standard InChI is InChI=1S/2C9H7.2C3H4O2.Ti/c2*1-2-5-9-7-3-6-8(9)4-1;2*1-2-3(4)5;/h2*1-7H;2*2H,1H2,(H,4,5);/q;;;;+2/p-2. The Morgan fingerprint density at radius 3 is 1.59 bits per heavy atom. The molecule has 0 aromatic heterocycles. The van der Waals surface area contributed by atoms with Crippen molar-refractivity contribution in [2.24, 2.45) is 0 Å². The average molecular weight is 420 g/mol. The molecule has 0 saturated heterocycles. The van der Waals surface area contributed by atoms with Crippen LogP contribution in [0.2, 0.25) is 0 Å². The Morgan fingerprint density at radius 2 is 1.17 bits per heavy atom. The summed E-state index contributed by atoms with van der Waals surface area (Å²) in [5.74, 6) is -1.17. The minimum absolute atomic E-state index is 0.306. The van der Waals surface area contributed by atoms with E-state index in [2.05, 4.69) is 13.2 Å². The summed E-state index contributed by atoms with van der Waals surface area (Å²) < 4.78 is 11.5. The second kappa shape index (κ2) is 7.82. The van der Waals surface area contributed by atoms with Crippen LogP contribution in [0.4, 0.5) is 0 Å². The second-order valence-electron chi connectivity index (χ2n) is 6.90. The molecule has 2 atom stereocenters. The van der Waals surface area contributed by atoms with E-state index in [-0.39, 0.29) is 8.45 Å². The third-order valence-corrected chi connectivity index (χ3v) is 11.2. The molecular formula is C24H20O4Ti. The van der Waals surface area contributed by atoms with Gasteiger partial charge in [-0.3, -0.25) is 0 Å². The molecule has 5 heteroatoms. The van der Waals surface area contributed by atoms with E-state index < -0.39 is 29.3 Å². The predicted octanol–water partition coefficient (Wildman–Crippen LogP) is 4.96. The van der Waals surface area contributed by atoms with E-state index in [1.54, 1.807) is 0 Å². The second-order valence-corrected chi connectivity index (χ2v) is 11.7. The molecule has 0 bridgehead atoms. The molecule has 0 heterocycles. The number of benzene rings is 2. The normalized spacial score (nSPS) is 18.6. The molecule has 0 N–H and O–H groups in total. The van der Waals surface area contributed by atoms with Crippen molar-refractivity contribution in [2.75, 3.05) is 0 Å². The number of allylic oxidation sites excluding steroid dienone is 2. The molecule has 4 rings (SSSR count). The summed E-state index contributed by atoms with van der Waals surface area (Å²) in [5.41, 5.74) is 4.07. The number of carbonyl (C=O) groups excluding carboxylic acids is 2. The average Bonchev–Trinajstić information content (AvgIpc) is 3.38. The van der Waals surface area contributed by atoms with Crippen molar-refractivity contribution in [1.82, 2.24) is 0 Å². The quantitative estimate of drug-likeness (QED) is 0.490. The number of rotatable bonds is 6. The zero-order valence-electron chi connectivity index (χ0n) is 15.8. The first-order chi connectivity index (χ1) is 14.1. The van der Waals surface area contributed by atoms with Gasteiger partial charge in [0, 0.05) is 0 Å². The molecule has 2 unspecified atom stereocenters. The van der Waals surface area contributed by atoms with E-state index in [1.807, 2.05) is 72.8 Å². The van der Waals surface area contributed by atoms with Gasteiger partial charge in [0.15, 0.2) is 0 Å². The van der Waals surface area contributed by atoms with Crippen LogP contribution in [0.1, 0.15) is 30.7 Å². The van der Waals surface area contributed by atoms with E-state index in [0.29, 0.717) is 0 Å². The van der Waals surface area contributed by atoms with Crippen LogP contribution in [0.5, 0.6) is 0 Å². The van der Waals surface area contributed by atoms with Crippen LogP contribution in [-0.2, 0) is 33.6 Å². The summed E-state index contributed by atoms with van der Waals surface area (Å²) in [6, 6.07) is 15.8. The Kier molecular flexibility index (Phi) is 5.22. The first-order valence-corrected chi connectivity index (χ1v) is 12.4. The predicted molar refractivity (Wildman–Crippen MR) is 109 cm³/mol. The summed E-state index contributed by atoms with van der Waals surface area (Å²) in [4.78, 5) is 25.0. The van der Waals surface area contributed by atoms with Crippen molar-refractivity contribution in [1.29, 1.82) is 0 Å². The first kappa shape index (κ1) is 19.4. The van der Waals surface area contributed by atoms with Crippen molar-refractivity contribution in [3.05, 3.63) is 108 Å². The van der Waals surface area contributed by atoms with Gasteiger partial charge in [-0.2, -0.15) is 0 Å². The van der Waals surface area contributed by atoms with Crippen molar-refractivity contribution < 1.29 is 33.6 Å². The molecule has 4 nitrogen and oxygen atoms in total. The van der Waals surface area contributed by atoms with E-state index in [4.69, 9.17) is 6.64 Å². The molecule has 0 spiro atoms. The summed E-state index contributed by atoms with van der Waals surface area (Å²) >= 11 is -4.31. The minimum atomic E-state index is -4.31. The van der Waals surface area contributed by atoms with Crippen LogP contribution in [0.3, 0.4) is 0 Å². The molecule has 144 valence electrons. The van der Waals surface area contributed by atoms with Gasteiger partial charge in [0.05, 0.1) is 0 Å². The van der Waals surface area contributed by atoms with Crippen LogP contribution < -0.4 is 0 Å². The maximum absolute atomic E-state index is 12.5. The molecule has 2 aromatic carbocycles. The van der Waals surface area contributed by atoms with Crippen LogP contribution in [0.15, 0.2) is 86.0 Å². The molecule has 2 aliphatic carbocycles. The van der Waals surface area contributed by atoms with Crippen molar-refractivity contribution in [2.45, 2.75) is 8.45 Å². The van der Waals surface area contributed by atoms with Crippen LogP contribution in [0.25, 0.3) is 12.2 Å². The summed E-state index contributed by atoms with van der Waals surface area (Å²) in [7, 11) is 0. The van der Waals surface area contributed by atoms with Gasteiger partial charge in [0.1, 0.15) is 0 Å². The Hall–Kier alpha value is -2.95. The van der Waals surface area contributed by atoms with Gasteiger partial charge in [-0.25, -0.2) is 0 Å². The first-order valence-electron chi connectivity index (χ1n) is 9.34. The van der Waals surface area contributed by atoms with Crippen molar-refractivity contribution >= 4 is 24.1 Å². The van der Waals surface area contributed by atoms with Gasteiger partial charge < -0.3 is 0 Å². The summed E-state index contributed by atoms with van der Waals surface area (Å²) in [5, 5.41) is 0. The molecule has 0 fully saturated rings. The van der Waals surface area contributed by atoms with E-state index in [0.717, 1.165) is 34.4 Å². The number of hydrogen-bond donors (Lipinski definition) is 0. The maximum atomic E-state index is 12.5. The summed E-state index contributed by atoms with van der Waals surface area (Å²) in [6.07, 6.45) is 10.2. The number of fused-ring (bicyclic) bond motifs is 2. The topological polar surface area (TPSA) is 52.6 Å². The monoisotopic (exact) mass is 420 g/mol. The Labute approximate surface area is 174 Å². The third-order valence-electron chi connectivity index (χ3n) is 5.32. The Morgan fingerprint density at radius 1 is 0.759 bits per heavy atom. The molecule has 2 aromatic rings. The van der Waals surface area contributed by atoms with Crippen LogP contribution in [-0.4, -0.2) is 11.9 Å². The van der Waals surface area contributed by atoms with E-state index in [1.165, 1.54) is 0 Å². The fraction of sp³-hybridized carbons (Fsp3) is 0.0833. The van der Waals surface area contributed by atoms with Crippen molar-refractivity contribution in [3.8, 4) is 0 Å². The zero-order valence-corrected chi connectivity index (χ0v) is 17.3. The Bertz CT molecular complexity index is 981. The molecule has 0 radical (unpaired) electrons. The number of hydrogen-bond acceptors (Lipinski definition) is 4. The SMILES string of the molecule is C=CC(=O)[O][Ti]([O]C(=O)C=C)([CH]1C=Cc2ccccc21)[CH]1C=Cc2ccccc21. The molecule has 0 aliphatic heterocycles. The fourth-order valence-electron chi connectivity index (χ4n) is 4.07. The van der Waals surface area contributed by atoms with Crippen LogP contribution in [0, 0.1) is 0 Å².